The Balaban J connectivity index is 1.65. The van der Waals surface area contributed by atoms with Crippen LogP contribution in [-0.2, 0) is 6.42 Å². The first-order chi connectivity index (χ1) is 11.8. The highest BCUT2D eigenvalue weighted by molar-refractivity contribution is 7.08. The number of rotatable bonds is 5. The summed E-state index contributed by atoms with van der Waals surface area (Å²) >= 11 is 3.46. The van der Waals surface area contributed by atoms with E-state index in [-0.39, 0.29) is 0 Å². The van der Waals surface area contributed by atoms with Crippen LogP contribution in [0.2, 0.25) is 0 Å². The van der Waals surface area contributed by atoms with Gasteiger partial charge >= 0.3 is 0 Å². The highest BCUT2D eigenvalue weighted by atomic mass is 32.1. The molecule has 2 nitrogen and oxygen atoms in total. The van der Waals surface area contributed by atoms with Gasteiger partial charge in [0.1, 0.15) is 0 Å². The first-order valence-corrected chi connectivity index (χ1v) is 10.2. The summed E-state index contributed by atoms with van der Waals surface area (Å²) in [6.07, 6.45) is 3.33. The van der Waals surface area contributed by atoms with Crippen molar-refractivity contribution in [1.82, 2.24) is 9.88 Å². The van der Waals surface area contributed by atoms with E-state index in [0.29, 0.717) is 0 Å². The summed E-state index contributed by atoms with van der Waals surface area (Å²) in [5.74, 6) is 0. The SMILES string of the molecule is C=C1CCCN1CCc1nc(-c2ccsc2)ccc1-c1ccsc1. The van der Waals surface area contributed by atoms with Gasteiger partial charge in [-0.2, -0.15) is 22.7 Å². The molecule has 3 aromatic heterocycles. The van der Waals surface area contributed by atoms with Crippen molar-refractivity contribution in [3.05, 3.63) is 63.8 Å². The van der Waals surface area contributed by atoms with Crippen molar-refractivity contribution >= 4 is 22.7 Å². The number of nitrogens with zero attached hydrogens (tertiary/aromatic N) is 2. The van der Waals surface area contributed by atoms with E-state index in [0.717, 1.165) is 31.6 Å². The lowest BCUT2D eigenvalue weighted by Crippen LogP contribution is -2.20. The Hall–Kier alpha value is -1.91. The van der Waals surface area contributed by atoms with Crippen LogP contribution in [0, 0.1) is 0 Å². The summed E-state index contributed by atoms with van der Waals surface area (Å²) in [5.41, 5.74) is 7.30. The van der Waals surface area contributed by atoms with Crippen molar-refractivity contribution in [1.29, 1.82) is 0 Å². The molecule has 0 aromatic carbocycles. The van der Waals surface area contributed by atoms with Crippen LogP contribution in [0.3, 0.4) is 0 Å². The number of likely N-dealkylation sites (tertiary alicyclic amines) is 1. The zero-order valence-electron chi connectivity index (χ0n) is 13.6. The minimum atomic E-state index is 0.960. The molecule has 0 saturated carbocycles. The summed E-state index contributed by atoms with van der Waals surface area (Å²) in [6, 6.07) is 8.71. The van der Waals surface area contributed by atoms with Crippen molar-refractivity contribution in [2.75, 3.05) is 13.1 Å². The molecule has 0 atom stereocenters. The second-order valence-corrected chi connectivity index (χ2v) is 7.68. The summed E-state index contributed by atoms with van der Waals surface area (Å²) < 4.78 is 0. The molecule has 0 N–H and O–H groups in total. The van der Waals surface area contributed by atoms with Gasteiger partial charge in [0.2, 0.25) is 0 Å². The van der Waals surface area contributed by atoms with Crippen LogP contribution < -0.4 is 0 Å². The van der Waals surface area contributed by atoms with Gasteiger partial charge in [0.05, 0.1) is 11.4 Å². The molecule has 0 radical (unpaired) electrons. The van der Waals surface area contributed by atoms with Gasteiger partial charge in [-0.3, -0.25) is 4.98 Å². The molecule has 0 bridgehead atoms. The van der Waals surface area contributed by atoms with Crippen LogP contribution in [0.5, 0.6) is 0 Å². The molecule has 0 amide bonds. The fourth-order valence-electron chi connectivity index (χ4n) is 3.24. The normalized spacial score (nSPS) is 14.5. The Kier molecular flexibility index (Phi) is 4.50. The van der Waals surface area contributed by atoms with Crippen LogP contribution in [0.1, 0.15) is 18.5 Å². The number of thiophene rings is 2. The van der Waals surface area contributed by atoms with Crippen LogP contribution in [-0.4, -0.2) is 23.0 Å². The molecule has 0 aliphatic carbocycles. The molecule has 0 unspecified atom stereocenters. The van der Waals surface area contributed by atoms with Gasteiger partial charge in [-0.1, -0.05) is 12.6 Å². The van der Waals surface area contributed by atoms with Gasteiger partial charge in [-0.05, 0) is 52.7 Å². The van der Waals surface area contributed by atoms with Crippen molar-refractivity contribution in [2.45, 2.75) is 19.3 Å². The van der Waals surface area contributed by atoms with E-state index in [1.165, 1.54) is 34.5 Å². The Labute approximate surface area is 151 Å². The van der Waals surface area contributed by atoms with Gasteiger partial charge in [0.25, 0.3) is 0 Å². The van der Waals surface area contributed by atoms with E-state index >= 15 is 0 Å². The third-order valence-electron chi connectivity index (χ3n) is 4.58. The largest absolute Gasteiger partial charge is 0.375 e. The minimum absolute atomic E-state index is 0.960. The molecule has 3 aromatic rings. The molecule has 1 aliphatic heterocycles. The van der Waals surface area contributed by atoms with E-state index in [1.807, 2.05) is 0 Å². The van der Waals surface area contributed by atoms with E-state index in [4.69, 9.17) is 4.98 Å². The quantitative estimate of drug-likeness (QED) is 0.586. The number of aromatic nitrogens is 1. The first-order valence-electron chi connectivity index (χ1n) is 8.29. The van der Waals surface area contributed by atoms with E-state index in [9.17, 15) is 0 Å². The van der Waals surface area contributed by atoms with E-state index in [1.54, 1.807) is 22.7 Å². The van der Waals surface area contributed by atoms with E-state index < -0.39 is 0 Å². The predicted molar refractivity (Wildman–Crippen MR) is 105 cm³/mol. The van der Waals surface area contributed by atoms with Gasteiger partial charge in [0, 0.05) is 41.7 Å². The smallest absolute Gasteiger partial charge is 0.0714 e. The minimum Gasteiger partial charge on any atom is -0.375 e. The second-order valence-electron chi connectivity index (χ2n) is 6.12. The maximum atomic E-state index is 5.01. The molecule has 1 saturated heterocycles. The third kappa shape index (κ3) is 3.17. The fraction of sp³-hybridized carbons (Fsp3) is 0.250. The maximum Gasteiger partial charge on any atom is 0.0714 e. The molecule has 1 aliphatic rings. The van der Waals surface area contributed by atoms with Crippen LogP contribution in [0.15, 0.2) is 58.1 Å². The number of allylic oxidation sites excluding steroid dienone is 1. The maximum absolute atomic E-state index is 5.01. The standard InChI is InChI=1S/C20H20N2S2/c1-15-3-2-9-22(15)10-6-20-18(16-7-11-23-13-16)4-5-19(21-20)17-8-12-24-14-17/h4-5,7-8,11-14H,1-3,6,9-10H2. The van der Waals surface area contributed by atoms with E-state index in [2.05, 4.69) is 57.3 Å². The second kappa shape index (κ2) is 6.91. The van der Waals surface area contributed by atoms with Crippen molar-refractivity contribution < 1.29 is 0 Å². The highest BCUT2D eigenvalue weighted by Gasteiger charge is 2.16. The Bertz CT molecular complexity index is 819. The van der Waals surface area contributed by atoms with Crippen LogP contribution in [0.4, 0.5) is 0 Å². The van der Waals surface area contributed by atoms with Gasteiger partial charge < -0.3 is 4.90 Å². The molecule has 1 fully saturated rings. The number of pyridine rings is 1. The van der Waals surface area contributed by atoms with Gasteiger partial charge in [0.15, 0.2) is 0 Å². The number of hydrogen-bond donors (Lipinski definition) is 0. The molecule has 4 heteroatoms. The third-order valence-corrected chi connectivity index (χ3v) is 5.95. The van der Waals surface area contributed by atoms with Gasteiger partial charge in [-0.15, -0.1) is 0 Å². The molecule has 4 rings (SSSR count). The molecule has 0 spiro atoms. The lowest BCUT2D eigenvalue weighted by atomic mass is 10.0. The topological polar surface area (TPSA) is 16.1 Å². The Morgan fingerprint density at radius 1 is 1.04 bits per heavy atom. The lowest BCUT2D eigenvalue weighted by molar-refractivity contribution is 0.397. The summed E-state index contributed by atoms with van der Waals surface area (Å²) in [5, 5.41) is 8.62. The molecule has 4 heterocycles. The first kappa shape index (κ1) is 15.6. The lowest BCUT2D eigenvalue weighted by Gasteiger charge is -2.19. The molecule has 24 heavy (non-hydrogen) atoms. The highest BCUT2D eigenvalue weighted by Crippen LogP contribution is 2.29. The summed E-state index contributed by atoms with van der Waals surface area (Å²) in [7, 11) is 0. The molecule has 122 valence electrons. The average Bonchev–Trinajstić information content (AvgIpc) is 3.35. The summed E-state index contributed by atoms with van der Waals surface area (Å²) in [4.78, 5) is 7.43. The fourth-order valence-corrected chi connectivity index (χ4v) is 4.55. The van der Waals surface area contributed by atoms with Crippen molar-refractivity contribution in [3.8, 4) is 22.4 Å². The average molecular weight is 353 g/mol. The van der Waals surface area contributed by atoms with Gasteiger partial charge in [-0.25, -0.2) is 0 Å². The zero-order chi connectivity index (χ0) is 16.4. The predicted octanol–water partition coefficient (Wildman–Crippen LogP) is 5.69. The molecular formula is C20H20N2S2. The van der Waals surface area contributed by atoms with Crippen LogP contribution in [0.25, 0.3) is 22.4 Å². The van der Waals surface area contributed by atoms with Crippen molar-refractivity contribution in [2.24, 2.45) is 0 Å². The summed E-state index contributed by atoms with van der Waals surface area (Å²) in [6.45, 7) is 6.33. The number of hydrogen-bond acceptors (Lipinski definition) is 4. The molecular weight excluding hydrogens is 332 g/mol. The Morgan fingerprint density at radius 3 is 2.50 bits per heavy atom. The monoisotopic (exact) mass is 352 g/mol. The zero-order valence-corrected chi connectivity index (χ0v) is 15.2. The van der Waals surface area contributed by atoms with Crippen molar-refractivity contribution in [3.63, 3.8) is 0 Å². The van der Waals surface area contributed by atoms with Crippen LogP contribution >= 0.6 is 22.7 Å². The Morgan fingerprint density at radius 2 is 1.83 bits per heavy atom.